The average molecular weight is 367 g/mol. The van der Waals surface area contributed by atoms with Crippen LogP contribution in [0.1, 0.15) is 32.1 Å². The van der Waals surface area contributed by atoms with E-state index in [-0.39, 0.29) is 18.0 Å². The average Bonchev–Trinajstić information content (AvgIpc) is 3.29. The summed E-state index contributed by atoms with van der Waals surface area (Å²) in [6.45, 7) is 2.29. The molecule has 27 heavy (non-hydrogen) atoms. The van der Waals surface area contributed by atoms with Crippen LogP contribution in [0.15, 0.2) is 42.7 Å². The molecule has 7 heteroatoms. The van der Waals surface area contributed by atoms with Gasteiger partial charge < -0.3 is 15.1 Å². The lowest BCUT2D eigenvalue weighted by atomic mass is 10.1. The number of aromatic nitrogens is 2. The third-order valence-corrected chi connectivity index (χ3v) is 5.42. The smallest absolute Gasteiger partial charge is 0.321 e. The zero-order chi connectivity index (χ0) is 18.6. The van der Waals surface area contributed by atoms with Crippen LogP contribution in [0.3, 0.4) is 0 Å². The van der Waals surface area contributed by atoms with Gasteiger partial charge in [0.1, 0.15) is 0 Å². The molecule has 0 aliphatic carbocycles. The van der Waals surface area contributed by atoms with Crippen LogP contribution in [0.4, 0.5) is 10.5 Å². The largest absolute Gasteiger partial charge is 0.340 e. The molecule has 3 amide bonds. The summed E-state index contributed by atoms with van der Waals surface area (Å²) in [4.78, 5) is 28.5. The third-order valence-electron chi connectivity index (χ3n) is 5.42. The van der Waals surface area contributed by atoms with Crippen molar-refractivity contribution in [2.75, 3.05) is 25.0 Å². The fraction of sp³-hybridized carbons (Fsp3) is 0.450. The first-order chi connectivity index (χ1) is 13.2. The van der Waals surface area contributed by atoms with Gasteiger partial charge in [-0.2, -0.15) is 5.10 Å². The second kappa shape index (κ2) is 7.82. The number of rotatable bonds is 3. The summed E-state index contributed by atoms with van der Waals surface area (Å²) >= 11 is 0. The Morgan fingerprint density at radius 3 is 2.63 bits per heavy atom. The fourth-order valence-electron chi connectivity index (χ4n) is 3.97. The van der Waals surface area contributed by atoms with Crippen molar-refractivity contribution in [2.24, 2.45) is 0 Å². The minimum atomic E-state index is -0.0739. The number of nitrogens with zero attached hydrogens (tertiary/aromatic N) is 4. The first kappa shape index (κ1) is 17.6. The summed E-state index contributed by atoms with van der Waals surface area (Å²) in [5, 5.41) is 7.18. The molecule has 7 nitrogen and oxygen atoms in total. The summed E-state index contributed by atoms with van der Waals surface area (Å²) in [5.41, 5.74) is 1.72. The van der Waals surface area contributed by atoms with Crippen molar-refractivity contribution < 1.29 is 9.59 Å². The Morgan fingerprint density at radius 1 is 1.07 bits per heavy atom. The highest BCUT2D eigenvalue weighted by molar-refractivity contribution is 5.89. The molecule has 1 atom stereocenters. The van der Waals surface area contributed by atoms with E-state index in [0.29, 0.717) is 13.0 Å². The first-order valence-corrected chi connectivity index (χ1v) is 9.66. The van der Waals surface area contributed by atoms with E-state index in [2.05, 4.69) is 10.4 Å². The van der Waals surface area contributed by atoms with Gasteiger partial charge in [0.15, 0.2) is 0 Å². The molecule has 2 saturated heterocycles. The van der Waals surface area contributed by atoms with E-state index in [1.165, 1.54) is 0 Å². The monoisotopic (exact) mass is 367 g/mol. The van der Waals surface area contributed by atoms with E-state index >= 15 is 0 Å². The third kappa shape index (κ3) is 3.97. The van der Waals surface area contributed by atoms with Gasteiger partial charge in [-0.25, -0.2) is 9.48 Å². The van der Waals surface area contributed by atoms with Gasteiger partial charge >= 0.3 is 6.03 Å². The molecule has 1 N–H and O–H groups in total. The predicted octanol–water partition coefficient (Wildman–Crippen LogP) is 2.88. The van der Waals surface area contributed by atoms with E-state index < -0.39 is 0 Å². The maximum absolute atomic E-state index is 12.6. The Kier molecular flexibility index (Phi) is 5.09. The maximum atomic E-state index is 12.6. The summed E-state index contributed by atoms with van der Waals surface area (Å²) < 4.78 is 1.78. The molecular formula is C20H25N5O2. The molecule has 142 valence electrons. The van der Waals surface area contributed by atoms with Gasteiger partial charge in [-0.05, 0) is 56.0 Å². The number of likely N-dealkylation sites (tertiary alicyclic amines) is 2. The van der Waals surface area contributed by atoms with Crippen LogP contribution in [0.2, 0.25) is 0 Å². The van der Waals surface area contributed by atoms with E-state index in [1.807, 2.05) is 46.3 Å². The van der Waals surface area contributed by atoms with Gasteiger partial charge in [0.05, 0.1) is 5.69 Å². The number of urea groups is 1. The van der Waals surface area contributed by atoms with E-state index in [9.17, 15) is 9.59 Å². The normalized spacial score (nSPS) is 20.6. The first-order valence-electron chi connectivity index (χ1n) is 9.66. The molecule has 0 radical (unpaired) electrons. The van der Waals surface area contributed by atoms with Gasteiger partial charge in [0.2, 0.25) is 5.91 Å². The number of hydrogen-bond donors (Lipinski definition) is 1. The number of benzene rings is 1. The van der Waals surface area contributed by atoms with Crippen LogP contribution in [0, 0.1) is 0 Å². The lowest BCUT2D eigenvalue weighted by Gasteiger charge is -2.27. The number of carbonyl (C=O) groups excluding carboxylic acids is 2. The van der Waals surface area contributed by atoms with Crippen molar-refractivity contribution in [3.63, 3.8) is 0 Å². The summed E-state index contributed by atoms with van der Waals surface area (Å²) in [5.74, 6) is 0.273. The topological polar surface area (TPSA) is 70.5 Å². The van der Waals surface area contributed by atoms with Crippen molar-refractivity contribution in [2.45, 2.75) is 38.1 Å². The molecule has 2 fully saturated rings. The van der Waals surface area contributed by atoms with E-state index in [0.717, 1.165) is 50.1 Å². The summed E-state index contributed by atoms with van der Waals surface area (Å²) in [6.07, 6.45) is 8.03. The van der Waals surface area contributed by atoms with Crippen LogP contribution < -0.4 is 5.32 Å². The molecule has 2 aliphatic rings. The van der Waals surface area contributed by atoms with Crippen molar-refractivity contribution in [1.29, 1.82) is 0 Å². The number of carbonyl (C=O) groups is 2. The zero-order valence-corrected chi connectivity index (χ0v) is 15.4. The van der Waals surface area contributed by atoms with Crippen LogP contribution >= 0.6 is 0 Å². The Labute approximate surface area is 158 Å². The molecule has 1 aromatic carbocycles. The molecule has 0 saturated carbocycles. The Bertz CT molecular complexity index is 787. The minimum absolute atomic E-state index is 0.0739. The SMILES string of the molecule is O=C(Nc1ccc(-n2cccn2)cc1)N1CCC[C@@H](N2CCCC2=O)CC1. The molecule has 3 heterocycles. The van der Waals surface area contributed by atoms with Crippen molar-refractivity contribution >= 4 is 17.6 Å². The predicted molar refractivity (Wildman–Crippen MR) is 103 cm³/mol. The molecule has 4 rings (SSSR count). The number of amides is 3. The summed E-state index contributed by atoms with van der Waals surface area (Å²) in [7, 11) is 0. The van der Waals surface area contributed by atoms with Gasteiger partial charge in [0.25, 0.3) is 0 Å². The number of hydrogen-bond acceptors (Lipinski definition) is 3. The van der Waals surface area contributed by atoms with Crippen LogP contribution in [0.5, 0.6) is 0 Å². The van der Waals surface area contributed by atoms with Crippen molar-refractivity contribution in [1.82, 2.24) is 19.6 Å². The molecule has 2 aromatic rings. The number of anilines is 1. The zero-order valence-electron chi connectivity index (χ0n) is 15.4. The quantitative estimate of drug-likeness (QED) is 0.907. The van der Waals surface area contributed by atoms with E-state index in [4.69, 9.17) is 0 Å². The standard InChI is InChI=1S/C20H25N5O2/c26-19-5-2-13-24(19)17-4-1-12-23(15-10-17)20(27)22-16-6-8-18(9-7-16)25-14-3-11-21-25/h3,6-9,11,14,17H,1-2,4-5,10,12-13,15H2,(H,22,27)/t17-/m1/s1. The lowest BCUT2D eigenvalue weighted by molar-refractivity contribution is -0.129. The summed E-state index contributed by atoms with van der Waals surface area (Å²) in [6, 6.07) is 9.72. The Morgan fingerprint density at radius 2 is 1.93 bits per heavy atom. The molecule has 0 spiro atoms. The highest BCUT2D eigenvalue weighted by Crippen LogP contribution is 2.23. The minimum Gasteiger partial charge on any atom is -0.340 e. The van der Waals surface area contributed by atoms with Crippen molar-refractivity contribution in [3.8, 4) is 5.69 Å². The van der Waals surface area contributed by atoms with E-state index in [1.54, 1.807) is 10.9 Å². The fourth-order valence-corrected chi connectivity index (χ4v) is 3.97. The highest BCUT2D eigenvalue weighted by atomic mass is 16.2. The van der Waals surface area contributed by atoms with Crippen LogP contribution in [-0.4, -0.2) is 57.2 Å². The highest BCUT2D eigenvalue weighted by Gasteiger charge is 2.30. The van der Waals surface area contributed by atoms with Gasteiger partial charge in [-0.3, -0.25) is 4.79 Å². The molecule has 0 unspecified atom stereocenters. The second-order valence-corrected chi connectivity index (χ2v) is 7.19. The Hall–Kier alpha value is -2.83. The van der Waals surface area contributed by atoms with Gasteiger partial charge in [-0.15, -0.1) is 0 Å². The molecular weight excluding hydrogens is 342 g/mol. The van der Waals surface area contributed by atoms with Crippen LogP contribution in [-0.2, 0) is 4.79 Å². The van der Waals surface area contributed by atoms with Gasteiger partial charge in [0, 0.05) is 50.2 Å². The van der Waals surface area contributed by atoms with Crippen LogP contribution in [0.25, 0.3) is 5.69 Å². The molecule has 1 aromatic heterocycles. The van der Waals surface area contributed by atoms with Crippen molar-refractivity contribution in [3.05, 3.63) is 42.7 Å². The second-order valence-electron chi connectivity index (χ2n) is 7.19. The lowest BCUT2D eigenvalue weighted by Crippen LogP contribution is -2.38. The molecule has 2 aliphatic heterocycles. The maximum Gasteiger partial charge on any atom is 0.321 e. The van der Waals surface area contributed by atoms with Gasteiger partial charge in [-0.1, -0.05) is 0 Å². The Balaban J connectivity index is 1.33. The molecule has 0 bridgehead atoms. The number of nitrogens with one attached hydrogen (secondary N) is 1.